The van der Waals surface area contributed by atoms with Crippen molar-refractivity contribution in [2.24, 2.45) is 0 Å². The molecule has 2 atom stereocenters. The lowest BCUT2D eigenvalue weighted by molar-refractivity contribution is 0.357. The van der Waals surface area contributed by atoms with E-state index in [9.17, 15) is 4.39 Å². The molecule has 10 heavy (non-hydrogen) atoms. The van der Waals surface area contributed by atoms with Gasteiger partial charge in [0, 0.05) is 14.0 Å². The fourth-order valence-corrected chi connectivity index (χ4v) is 0.879. The van der Waals surface area contributed by atoms with E-state index in [2.05, 4.69) is 11.9 Å². The molecule has 0 amide bonds. The number of halogens is 1. The molecule has 0 aromatic rings. The Morgan fingerprint density at radius 1 is 1.80 bits per heavy atom. The second kappa shape index (κ2) is 5.42. The van der Waals surface area contributed by atoms with Gasteiger partial charge in [0.25, 0.3) is 0 Å². The van der Waals surface area contributed by atoms with Crippen LogP contribution in [-0.4, -0.2) is 18.8 Å². The third-order valence-electron chi connectivity index (χ3n) is 1.30. The summed E-state index contributed by atoms with van der Waals surface area (Å²) in [5.74, 6) is 0. The van der Waals surface area contributed by atoms with Crippen molar-refractivity contribution in [2.75, 3.05) is 6.54 Å². The highest BCUT2D eigenvalue weighted by atomic mass is 19.1. The summed E-state index contributed by atoms with van der Waals surface area (Å²) in [4.78, 5) is 0. The molecule has 0 aromatic heterocycles. The minimum Gasteiger partial charge on any atom is -0.311 e. The standard InChI is InChI=1S/C5H10FN.C3H6.H2/c1-4-2-5(6)3-7-4;1-3-2;/h4-5,7H,2-3H2,1H3;3H,1H2,2H3;1H. The number of nitrogens with one attached hydrogen (secondary N) is 1. The van der Waals surface area contributed by atoms with Gasteiger partial charge in [-0.1, -0.05) is 6.08 Å². The lowest BCUT2D eigenvalue weighted by Gasteiger charge is -1.94. The molecule has 1 nitrogen and oxygen atoms in total. The Labute approximate surface area is 63.8 Å². The lowest BCUT2D eigenvalue weighted by atomic mass is 10.2. The number of allylic oxidation sites excluding steroid dienone is 1. The summed E-state index contributed by atoms with van der Waals surface area (Å²) in [6, 6.07) is 0.398. The Balaban J connectivity index is 0. The molecule has 0 radical (unpaired) electrons. The minimum absolute atomic E-state index is 0. The molecule has 0 saturated carbocycles. The highest BCUT2D eigenvalue weighted by Gasteiger charge is 2.18. The molecule has 1 aliphatic heterocycles. The van der Waals surface area contributed by atoms with Gasteiger partial charge in [-0.2, -0.15) is 0 Å². The quantitative estimate of drug-likeness (QED) is 0.518. The zero-order chi connectivity index (χ0) is 7.98. The van der Waals surface area contributed by atoms with E-state index in [0.29, 0.717) is 19.0 Å². The monoisotopic (exact) mass is 147 g/mol. The molecule has 1 rings (SSSR count). The van der Waals surface area contributed by atoms with Crippen LogP contribution in [0.3, 0.4) is 0 Å². The topological polar surface area (TPSA) is 12.0 Å². The SMILES string of the molecule is C=CC.CC1CC(F)CN1.[HH]. The third kappa shape index (κ3) is 4.50. The molecular formula is C8H18FN. The predicted molar refractivity (Wildman–Crippen MR) is 45.0 cm³/mol. The van der Waals surface area contributed by atoms with E-state index in [1.165, 1.54) is 0 Å². The minimum atomic E-state index is -0.588. The van der Waals surface area contributed by atoms with Crippen molar-refractivity contribution in [1.29, 1.82) is 0 Å². The number of hydrogen-bond donors (Lipinski definition) is 1. The molecule has 1 aliphatic rings. The van der Waals surface area contributed by atoms with Crippen LogP contribution in [0.1, 0.15) is 21.7 Å². The Morgan fingerprint density at radius 2 is 2.30 bits per heavy atom. The normalized spacial score (nSPS) is 30.7. The summed E-state index contributed by atoms with van der Waals surface area (Å²) in [7, 11) is 0. The number of hydrogen-bond acceptors (Lipinski definition) is 1. The van der Waals surface area contributed by atoms with Gasteiger partial charge in [-0.25, -0.2) is 4.39 Å². The van der Waals surface area contributed by atoms with Crippen LogP contribution in [0.5, 0.6) is 0 Å². The molecule has 2 heteroatoms. The van der Waals surface area contributed by atoms with Gasteiger partial charge < -0.3 is 5.32 Å². The summed E-state index contributed by atoms with van der Waals surface area (Å²) in [5, 5.41) is 2.99. The Hall–Kier alpha value is -0.370. The Morgan fingerprint density at radius 3 is 2.40 bits per heavy atom. The van der Waals surface area contributed by atoms with Crippen LogP contribution in [-0.2, 0) is 0 Å². The van der Waals surface area contributed by atoms with Crippen LogP contribution in [0.15, 0.2) is 12.7 Å². The van der Waals surface area contributed by atoms with Crippen molar-refractivity contribution < 1.29 is 5.82 Å². The highest BCUT2D eigenvalue weighted by Crippen LogP contribution is 2.07. The first kappa shape index (κ1) is 9.63. The van der Waals surface area contributed by atoms with E-state index >= 15 is 0 Å². The van der Waals surface area contributed by atoms with Crippen LogP contribution in [0.25, 0.3) is 0 Å². The van der Waals surface area contributed by atoms with Crippen molar-refractivity contribution in [3.63, 3.8) is 0 Å². The molecule has 1 fully saturated rings. The van der Waals surface area contributed by atoms with Crippen LogP contribution in [0.4, 0.5) is 4.39 Å². The second-order valence-corrected chi connectivity index (χ2v) is 2.55. The average Bonchev–Trinajstić information content (AvgIpc) is 2.17. The summed E-state index contributed by atoms with van der Waals surface area (Å²) < 4.78 is 12.1. The van der Waals surface area contributed by atoms with Gasteiger partial charge >= 0.3 is 0 Å². The molecular weight excluding hydrogens is 129 g/mol. The molecule has 0 spiro atoms. The van der Waals surface area contributed by atoms with E-state index in [1.54, 1.807) is 6.08 Å². The summed E-state index contributed by atoms with van der Waals surface area (Å²) in [6.07, 6.45) is 1.86. The first-order valence-corrected chi connectivity index (χ1v) is 3.65. The lowest BCUT2D eigenvalue weighted by Crippen LogP contribution is -2.16. The number of rotatable bonds is 0. The molecule has 1 heterocycles. The van der Waals surface area contributed by atoms with Gasteiger partial charge in [-0.15, -0.1) is 6.58 Å². The van der Waals surface area contributed by atoms with Gasteiger partial charge in [0.15, 0.2) is 0 Å². The van der Waals surface area contributed by atoms with Crippen molar-refractivity contribution in [3.8, 4) is 0 Å². The maximum atomic E-state index is 12.1. The smallest absolute Gasteiger partial charge is 0.114 e. The van der Waals surface area contributed by atoms with Gasteiger partial charge in [0.2, 0.25) is 0 Å². The fraction of sp³-hybridized carbons (Fsp3) is 0.750. The molecule has 1 N–H and O–H groups in total. The first-order chi connectivity index (χ1) is 4.70. The highest BCUT2D eigenvalue weighted by molar-refractivity contribution is 4.76. The van der Waals surface area contributed by atoms with E-state index in [1.807, 2.05) is 13.8 Å². The summed E-state index contributed by atoms with van der Waals surface area (Å²) in [5.41, 5.74) is 0. The zero-order valence-electron chi connectivity index (χ0n) is 6.73. The van der Waals surface area contributed by atoms with E-state index in [-0.39, 0.29) is 1.43 Å². The molecule has 1 saturated heterocycles. The van der Waals surface area contributed by atoms with Crippen LogP contribution in [0.2, 0.25) is 0 Å². The van der Waals surface area contributed by atoms with Gasteiger partial charge in [0.05, 0.1) is 0 Å². The summed E-state index contributed by atoms with van der Waals surface area (Å²) >= 11 is 0. The van der Waals surface area contributed by atoms with Crippen molar-refractivity contribution >= 4 is 0 Å². The Bertz CT molecular complexity index is 90.1. The average molecular weight is 147 g/mol. The third-order valence-corrected chi connectivity index (χ3v) is 1.30. The van der Waals surface area contributed by atoms with Gasteiger partial charge in [-0.05, 0) is 20.3 Å². The van der Waals surface area contributed by atoms with Crippen LogP contribution in [0, 0.1) is 0 Å². The second-order valence-electron chi connectivity index (χ2n) is 2.55. The largest absolute Gasteiger partial charge is 0.311 e. The van der Waals surface area contributed by atoms with Gasteiger partial charge in [-0.3, -0.25) is 0 Å². The van der Waals surface area contributed by atoms with E-state index < -0.39 is 6.17 Å². The van der Waals surface area contributed by atoms with Crippen molar-refractivity contribution in [2.45, 2.75) is 32.5 Å². The summed E-state index contributed by atoms with van der Waals surface area (Å²) in [6.45, 7) is 7.81. The molecule has 0 bridgehead atoms. The van der Waals surface area contributed by atoms with Crippen LogP contribution < -0.4 is 5.32 Å². The van der Waals surface area contributed by atoms with E-state index in [0.717, 1.165) is 0 Å². The Kier molecular flexibility index (Phi) is 5.22. The van der Waals surface area contributed by atoms with Crippen molar-refractivity contribution in [1.82, 2.24) is 5.32 Å². The van der Waals surface area contributed by atoms with E-state index in [4.69, 9.17) is 0 Å². The first-order valence-electron chi connectivity index (χ1n) is 3.65. The molecule has 2 unspecified atom stereocenters. The molecule has 0 aromatic carbocycles. The fourth-order valence-electron chi connectivity index (χ4n) is 0.879. The molecule has 0 aliphatic carbocycles. The maximum absolute atomic E-state index is 12.1. The van der Waals surface area contributed by atoms with Crippen molar-refractivity contribution in [3.05, 3.63) is 12.7 Å². The zero-order valence-corrected chi connectivity index (χ0v) is 6.73. The molecule has 62 valence electrons. The number of alkyl halides is 1. The van der Waals surface area contributed by atoms with Crippen LogP contribution >= 0.6 is 0 Å². The maximum Gasteiger partial charge on any atom is 0.114 e. The predicted octanol–water partition coefficient (Wildman–Crippen LogP) is 2.14. The van der Waals surface area contributed by atoms with Gasteiger partial charge in [0.1, 0.15) is 6.17 Å².